The van der Waals surface area contributed by atoms with Crippen LogP contribution in [0.3, 0.4) is 0 Å². The molecule has 0 aliphatic carbocycles. The predicted octanol–water partition coefficient (Wildman–Crippen LogP) is 4.34. The fourth-order valence-corrected chi connectivity index (χ4v) is 3.52. The summed E-state index contributed by atoms with van der Waals surface area (Å²) >= 11 is 0. The van der Waals surface area contributed by atoms with E-state index >= 15 is 0 Å². The van der Waals surface area contributed by atoms with Crippen LogP contribution in [0.5, 0.6) is 0 Å². The van der Waals surface area contributed by atoms with E-state index in [1.807, 2.05) is 49.4 Å². The van der Waals surface area contributed by atoms with Gasteiger partial charge in [0.2, 0.25) is 0 Å². The van der Waals surface area contributed by atoms with E-state index in [2.05, 4.69) is 10.6 Å². The van der Waals surface area contributed by atoms with E-state index in [0.717, 1.165) is 16.7 Å². The van der Waals surface area contributed by atoms with Crippen LogP contribution in [0, 0.1) is 17.0 Å². The summed E-state index contributed by atoms with van der Waals surface area (Å²) in [5, 5.41) is 16.5. The normalized spacial score (nSPS) is 12.7. The standard InChI is InChI=1S/C22H20N4O5/c1-14-5-7-16(8-6-14)23-22(28)24-18-4-2-3-15-13-25(12-11-17(15)18)21(27)19-9-10-20(31-19)26(29)30/h2-10H,11-13H2,1H3,(H2,23,24,28). The Bertz CT molecular complexity index is 1150. The second kappa shape index (κ2) is 8.31. The van der Waals surface area contributed by atoms with Gasteiger partial charge in [0.15, 0.2) is 5.76 Å². The Labute approximate surface area is 177 Å². The molecule has 4 rings (SSSR count). The summed E-state index contributed by atoms with van der Waals surface area (Å²) in [6.07, 6.45) is 0.533. The van der Waals surface area contributed by atoms with E-state index in [9.17, 15) is 19.7 Å². The number of hydrogen-bond donors (Lipinski definition) is 2. The molecule has 0 saturated heterocycles. The molecule has 3 aromatic rings. The molecule has 1 aliphatic rings. The van der Waals surface area contributed by atoms with Crippen molar-refractivity contribution in [2.45, 2.75) is 19.9 Å². The predicted molar refractivity (Wildman–Crippen MR) is 114 cm³/mol. The third-order valence-electron chi connectivity index (χ3n) is 5.09. The molecular weight excluding hydrogens is 400 g/mol. The second-order valence-corrected chi connectivity index (χ2v) is 7.26. The Morgan fingerprint density at radius 1 is 1.06 bits per heavy atom. The van der Waals surface area contributed by atoms with Gasteiger partial charge in [0, 0.05) is 24.5 Å². The number of hydrogen-bond acceptors (Lipinski definition) is 5. The van der Waals surface area contributed by atoms with Crippen molar-refractivity contribution in [2.24, 2.45) is 0 Å². The minimum Gasteiger partial charge on any atom is -0.395 e. The lowest BCUT2D eigenvalue weighted by Crippen LogP contribution is -2.36. The molecule has 0 spiro atoms. The average Bonchev–Trinajstić information content (AvgIpc) is 3.25. The first-order valence-electron chi connectivity index (χ1n) is 9.69. The summed E-state index contributed by atoms with van der Waals surface area (Å²) in [5.74, 6) is -0.942. The number of nitrogens with one attached hydrogen (secondary N) is 2. The molecule has 0 unspecified atom stereocenters. The largest absolute Gasteiger partial charge is 0.433 e. The molecule has 1 aliphatic heterocycles. The van der Waals surface area contributed by atoms with Crippen molar-refractivity contribution in [1.82, 2.24) is 4.90 Å². The Hall–Kier alpha value is -4.14. The lowest BCUT2D eigenvalue weighted by Gasteiger charge is -2.29. The molecule has 0 fully saturated rings. The SMILES string of the molecule is Cc1ccc(NC(=O)Nc2cccc3c2CCN(C(=O)c2ccc([N+](=O)[O-])o2)C3)cc1. The highest BCUT2D eigenvalue weighted by Gasteiger charge is 2.27. The Morgan fingerprint density at radius 3 is 2.55 bits per heavy atom. The quantitative estimate of drug-likeness (QED) is 0.481. The number of carbonyl (C=O) groups excluding carboxylic acids is 2. The molecule has 2 N–H and O–H groups in total. The van der Waals surface area contributed by atoms with Gasteiger partial charge in [0.25, 0.3) is 5.91 Å². The molecule has 9 nitrogen and oxygen atoms in total. The molecule has 0 radical (unpaired) electrons. The van der Waals surface area contributed by atoms with Gasteiger partial charge in [-0.15, -0.1) is 0 Å². The molecule has 31 heavy (non-hydrogen) atoms. The summed E-state index contributed by atoms with van der Waals surface area (Å²) < 4.78 is 5.03. The summed E-state index contributed by atoms with van der Waals surface area (Å²) in [5.41, 5.74) is 4.33. The first kappa shape index (κ1) is 20.1. The van der Waals surface area contributed by atoms with Crippen molar-refractivity contribution in [2.75, 3.05) is 17.2 Å². The van der Waals surface area contributed by atoms with Crippen LogP contribution in [0.1, 0.15) is 27.2 Å². The number of amides is 3. The third kappa shape index (κ3) is 4.40. The fourth-order valence-electron chi connectivity index (χ4n) is 3.52. The maximum absolute atomic E-state index is 12.7. The Balaban J connectivity index is 1.45. The smallest absolute Gasteiger partial charge is 0.395 e. The maximum atomic E-state index is 12.7. The van der Waals surface area contributed by atoms with E-state index in [0.29, 0.717) is 30.9 Å². The number of furan rings is 1. The molecule has 158 valence electrons. The van der Waals surface area contributed by atoms with E-state index in [4.69, 9.17) is 4.42 Å². The second-order valence-electron chi connectivity index (χ2n) is 7.26. The maximum Gasteiger partial charge on any atom is 0.433 e. The van der Waals surface area contributed by atoms with Crippen LogP contribution in [-0.4, -0.2) is 28.3 Å². The average molecular weight is 420 g/mol. The van der Waals surface area contributed by atoms with Crippen molar-refractivity contribution < 1.29 is 18.9 Å². The lowest BCUT2D eigenvalue weighted by atomic mass is 9.97. The number of urea groups is 1. The summed E-state index contributed by atoms with van der Waals surface area (Å²) in [7, 11) is 0. The minimum absolute atomic E-state index is 0.0677. The number of anilines is 2. The third-order valence-corrected chi connectivity index (χ3v) is 5.09. The topological polar surface area (TPSA) is 118 Å². The Morgan fingerprint density at radius 2 is 1.84 bits per heavy atom. The molecule has 3 amide bonds. The zero-order chi connectivity index (χ0) is 22.0. The number of nitro groups is 1. The molecule has 0 saturated carbocycles. The van der Waals surface area contributed by atoms with Crippen LogP contribution in [0.2, 0.25) is 0 Å². The number of rotatable bonds is 4. The number of fused-ring (bicyclic) bond motifs is 1. The highest BCUT2D eigenvalue weighted by molar-refractivity contribution is 6.00. The highest BCUT2D eigenvalue weighted by Crippen LogP contribution is 2.28. The molecule has 1 aromatic heterocycles. The van der Waals surface area contributed by atoms with E-state index < -0.39 is 16.7 Å². The molecular formula is C22H20N4O5. The van der Waals surface area contributed by atoms with E-state index in [-0.39, 0.29) is 11.8 Å². The number of benzene rings is 2. The van der Waals surface area contributed by atoms with Crippen LogP contribution in [-0.2, 0) is 13.0 Å². The zero-order valence-electron chi connectivity index (χ0n) is 16.8. The molecule has 0 atom stereocenters. The van der Waals surface area contributed by atoms with Crippen LogP contribution >= 0.6 is 0 Å². The van der Waals surface area contributed by atoms with Crippen molar-refractivity contribution in [3.05, 3.63) is 87.2 Å². The van der Waals surface area contributed by atoms with Gasteiger partial charge in [-0.25, -0.2) is 4.79 Å². The van der Waals surface area contributed by atoms with E-state index in [1.165, 1.54) is 12.1 Å². The number of carbonyl (C=O) groups is 2. The lowest BCUT2D eigenvalue weighted by molar-refractivity contribution is -0.402. The molecule has 2 aromatic carbocycles. The van der Waals surface area contributed by atoms with Gasteiger partial charge in [0.05, 0.1) is 6.07 Å². The number of aryl methyl sites for hydroxylation is 1. The molecule has 2 heterocycles. The fraction of sp³-hybridized carbons (Fsp3) is 0.182. The van der Waals surface area contributed by atoms with Gasteiger partial charge in [0.1, 0.15) is 4.92 Å². The van der Waals surface area contributed by atoms with Gasteiger partial charge in [-0.2, -0.15) is 0 Å². The van der Waals surface area contributed by atoms with Gasteiger partial charge < -0.3 is 20.0 Å². The highest BCUT2D eigenvalue weighted by atomic mass is 16.6. The van der Waals surface area contributed by atoms with Gasteiger partial charge in [-0.05, 0) is 48.7 Å². The van der Waals surface area contributed by atoms with Crippen LogP contribution in [0.25, 0.3) is 0 Å². The van der Waals surface area contributed by atoms with Crippen LogP contribution < -0.4 is 10.6 Å². The minimum atomic E-state index is -0.679. The van der Waals surface area contributed by atoms with Gasteiger partial charge >= 0.3 is 11.9 Å². The van der Waals surface area contributed by atoms with Crippen molar-refractivity contribution >= 4 is 29.2 Å². The van der Waals surface area contributed by atoms with Crippen molar-refractivity contribution in [3.63, 3.8) is 0 Å². The van der Waals surface area contributed by atoms with Crippen LogP contribution in [0.4, 0.5) is 22.1 Å². The van der Waals surface area contributed by atoms with Gasteiger partial charge in [-0.1, -0.05) is 29.8 Å². The summed E-state index contributed by atoms with van der Waals surface area (Å²) in [6, 6.07) is 15.1. The summed E-state index contributed by atoms with van der Waals surface area (Å²) in [6.45, 7) is 2.69. The van der Waals surface area contributed by atoms with Crippen molar-refractivity contribution in [3.8, 4) is 0 Å². The van der Waals surface area contributed by atoms with Crippen LogP contribution in [0.15, 0.2) is 59.0 Å². The monoisotopic (exact) mass is 420 g/mol. The first-order valence-corrected chi connectivity index (χ1v) is 9.69. The molecule has 9 heteroatoms. The number of nitrogens with zero attached hydrogens (tertiary/aromatic N) is 2. The first-order chi connectivity index (χ1) is 14.9. The van der Waals surface area contributed by atoms with Gasteiger partial charge in [-0.3, -0.25) is 14.9 Å². The van der Waals surface area contributed by atoms with E-state index in [1.54, 1.807) is 4.90 Å². The van der Waals surface area contributed by atoms with Crippen molar-refractivity contribution in [1.29, 1.82) is 0 Å². The summed E-state index contributed by atoms with van der Waals surface area (Å²) in [4.78, 5) is 36.8. The Kier molecular flexibility index (Phi) is 5.40. The molecule has 0 bridgehead atoms. The zero-order valence-corrected chi connectivity index (χ0v) is 16.8.